The molecular formula is C17H16FN5O2. The minimum Gasteiger partial charge on any atom is -0.338 e. The van der Waals surface area contributed by atoms with Gasteiger partial charge in [0.1, 0.15) is 12.4 Å². The fourth-order valence-electron chi connectivity index (χ4n) is 3.06. The van der Waals surface area contributed by atoms with E-state index in [4.69, 9.17) is 5.26 Å². The van der Waals surface area contributed by atoms with Gasteiger partial charge in [0.05, 0.1) is 18.0 Å². The molecule has 2 aromatic rings. The summed E-state index contributed by atoms with van der Waals surface area (Å²) in [7, 11) is 1.60. The number of nitrogens with one attached hydrogen (secondary N) is 1. The van der Waals surface area contributed by atoms with E-state index in [0.717, 1.165) is 0 Å². The van der Waals surface area contributed by atoms with Crippen molar-refractivity contribution in [2.45, 2.75) is 19.0 Å². The van der Waals surface area contributed by atoms with E-state index in [1.54, 1.807) is 31.4 Å². The van der Waals surface area contributed by atoms with Crippen LogP contribution in [0.4, 0.5) is 10.2 Å². The highest BCUT2D eigenvalue weighted by Gasteiger charge is 2.42. The quantitative estimate of drug-likeness (QED) is 0.916. The number of carbonyl (C=O) groups excluding carboxylic acids is 2. The molecule has 1 aromatic carbocycles. The summed E-state index contributed by atoms with van der Waals surface area (Å²) in [6.45, 7) is 0.0758. The maximum Gasteiger partial charge on any atom is 0.231 e. The zero-order valence-electron chi connectivity index (χ0n) is 13.5. The number of carbonyl (C=O) groups is 2. The molecular weight excluding hydrogens is 325 g/mol. The van der Waals surface area contributed by atoms with Crippen LogP contribution in [0.25, 0.3) is 0 Å². The molecule has 1 fully saturated rings. The molecule has 1 aliphatic rings. The molecule has 1 aliphatic heterocycles. The van der Waals surface area contributed by atoms with E-state index in [9.17, 15) is 14.0 Å². The predicted octanol–water partition coefficient (Wildman–Crippen LogP) is 1.70. The number of amides is 2. The molecule has 0 bridgehead atoms. The smallest absolute Gasteiger partial charge is 0.231 e. The fourth-order valence-corrected chi connectivity index (χ4v) is 3.06. The summed E-state index contributed by atoms with van der Waals surface area (Å²) < 4.78 is 14.9. The second-order valence-electron chi connectivity index (χ2n) is 5.86. The third kappa shape index (κ3) is 3.35. The van der Waals surface area contributed by atoms with Gasteiger partial charge in [0, 0.05) is 25.7 Å². The standard InChI is InChI=1S/C17H16FN5O2/c1-22-15(24)10-13(16(22)11-3-2-4-12(18)9-11)17(25)20-14-5-7-23(21-14)8-6-19/h2-5,7,9,13,16H,8,10H2,1H3,(H,20,21,25). The van der Waals surface area contributed by atoms with Crippen LogP contribution in [-0.2, 0) is 16.1 Å². The van der Waals surface area contributed by atoms with Crippen LogP contribution >= 0.6 is 0 Å². The number of rotatable bonds is 4. The third-order valence-corrected chi connectivity index (χ3v) is 4.24. The molecule has 0 spiro atoms. The van der Waals surface area contributed by atoms with E-state index in [2.05, 4.69) is 10.4 Å². The summed E-state index contributed by atoms with van der Waals surface area (Å²) in [5.74, 6) is -1.31. The Labute approximate surface area is 143 Å². The summed E-state index contributed by atoms with van der Waals surface area (Å²) in [5, 5.41) is 15.4. The molecule has 1 N–H and O–H groups in total. The number of nitriles is 1. The normalized spacial score (nSPS) is 19.7. The van der Waals surface area contributed by atoms with Gasteiger partial charge in [0.15, 0.2) is 5.82 Å². The monoisotopic (exact) mass is 341 g/mol. The van der Waals surface area contributed by atoms with Crippen molar-refractivity contribution in [3.05, 3.63) is 47.9 Å². The lowest BCUT2D eigenvalue weighted by molar-refractivity contribution is -0.128. The van der Waals surface area contributed by atoms with E-state index in [1.165, 1.54) is 21.7 Å². The highest BCUT2D eigenvalue weighted by atomic mass is 19.1. The summed E-state index contributed by atoms with van der Waals surface area (Å²) in [4.78, 5) is 26.2. The van der Waals surface area contributed by atoms with E-state index in [0.29, 0.717) is 11.4 Å². The van der Waals surface area contributed by atoms with Gasteiger partial charge >= 0.3 is 0 Å². The van der Waals surface area contributed by atoms with Crippen LogP contribution in [0, 0.1) is 23.1 Å². The summed E-state index contributed by atoms with van der Waals surface area (Å²) in [6.07, 6.45) is 1.62. The molecule has 2 unspecified atom stereocenters. The maximum atomic E-state index is 13.6. The van der Waals surface area contributed by atoms with Gasteiger partial charge < -0.3 is 10.2 Å². The molecule has 0 saturated carbocycles. The Bertz CT molecular complexity index is 857. The van der Waals surface area contributed by atoms with Gasteiger partial charge in [-0.05, 0) is 17.7 Å². The minimum atomic E-state index is -0.652. The lowest BCUT2D eigenvalue weighted by Crippen LogP contribution is -2.30. The largest absolute Gasteiger partial charge is 0.338 e. The number of aromatic nitrogens is 2. The minimum absolute atomic E-state index is 0.0441. The molecule has 1 aromatic heterocycles. The van der Waals surface area contributed by atoms with Crippen molar-refractivity contribution < 1.29 is 14.0 Å². The zero-order chi connectivity index (χ0) is 18.0. The average molecular weight is 341 g/mol. The fraction of sp³-hybridized carbons (Fsp3) is 0.294. The number of anilines is 1. The SMILES string of the molecule is CN1C(=O)CC(C(=O)Nc2ccn(CC#N)n2)C1c1cccc(F)c1. The molecule has 128 valence electrons. The van der Waals surface area contributed by atoms with Crippen molar-refractivity contribution in [3.63, 3.8) is 0 Å². The Kier molecular flexibility index (Phi) is 4.48. The van der Waals surface area contributed by atoms with E-state index < -0.39 is 17.8 Å². The van der Waals surface area contributed by atoms with Crippen LogP contribution in [0.5, 0.6) is 0 Å². The van der Waals surface area contributed by atoms with Gasteiger partial charge in [-0.1, -0.05) is 12.1 Å². The molecule has 7 nitrogen and oxygen atoms in total. The average Bonchev–Trinajstić information content (AvgIpc) is 3.13. The molecule has 25 heavy (non-hydrogen) atoms. The summed E-state index contributed by atoms with van der Waals surface area (Å²) in [5.41, 5.74) is 0.573. The van der Waals surface area contributed by atoms with E-state index in [1.807, 2.05) is 6.07 Å². The van der Waals surface area contributed by atoms with Crippen LogP contribution in [0.1, 0.15) is 18.0 Å². The molecule has 2 heterocycles. The molecule has 8 heteroatoms. The van der Waals surface area contributed by atoms with Crippen LogP contribution in [-0.4, -0.2) is 33.5 Å². The predicted molar refractivity (Wildman–Crippen MR) is 86.5 cm³/mol. The Morgan fingerprint density at radius 2 is 2.28 bits per heavy atom. The molecule has 0 radical (unpaired) electrons. The van der Waals surface area contributed by atoms with E-state index in [-0.39, 0.29) is 24.8 Å². The van der Waals surface area contributed by atoms with Crippen molar-refractivity contribution in [1.29, 1.82) is 5.26 Å². The second-order valence-corrected chi connectivity index (χ2v) is 5.86. The van der Waals surface area contributed by atoms with Crippen molar-refractivity contribution in [1.82, 2.24) is 14.7 Å². The van der Waals surface area contributed by atoms with Crippen LogP contribution in [0.15, 0.2) is 36.5 Å². The van der Waals surface area contributed by atoms with Crippen LogP contribution < -0.4 is 5.32 Å². The van der Waals surface area contributed by atoms with E-state index >= 15 is 0 Å². The number of halogens is 1. The first-order valence-electron chi connectivity index (χ1n) is 7.72. The van der Waals surface area contributed by atoms with Gasteiger partial charge in [-0.3, -0.25) is 14.3 Å². The Balaban J connectivity index is 1.82. The molecule has 0 aliphatic carbocycles. The summed E-state index contributed by atoms with van der Waals surface area (Å²) >= 11 is 0. The Morgan fingerprint density at radius 3 is 3.00 bits per heavy atom. The lowest BCUT2D eigenvalue weighted by Gasteiger charge is -2.24. The number of likely N-dealkylation sites (tertiary alicyclic amines) is 1. The maximum absolute atomic E-state index is 13.6. The first-order chi connectivity index (χ1) is 12.0. The highest BCUT2D eigenvalue weighted by Crippen LogP contribution is 2.37. The first kappa shape index (κ1) is 16.6. The Morgan fingerprint density at radius 1 is 1.48 bits per heavy atom. The number of hydrogen-bond acceptors (Lipinski definition) is 4. The second kappa shape index (κ2) is 6.73. The molecule has 2 atom stereocenters. The van der Waals surface area contributed by atoms with Gasteiger partial charge in [0.2, 0.25) is 11.8 Å². The Hall–Kier alpha value is -3.21. The molecule has 2 amide bonds. The van der Waals surface area contributed by atoms with Crippen molar-refractivity contribution in [2.24, 2.45) is 5.92 Å². The topological polar surface area (TPSA) is 91.0 Å². The third-order valence-electron chi connectivity index (χ3n) is 4.24. The molecule has 3 rings (SSSR count). The van der Waals surface area contributed by atoms with Gasteiger partial charge in [-0.15, -0.1) is 0 Å². The lowest BCUT2D eigenvalue weighted by atomic mass is 9.93. The number of benzene rings is 1. The van der Waals surface area contributed by atoms with Crippen molar-refractivity contribution >= 4 is 17.6 Å². The zero-order valence-corrected chi connectivity index (χ0v) is 13.5. The van der Waals surface area contributed by atoms with Gasteiger partial charge in [-0.2, -0.15) is 10.4 Å². The van der Waals surface area contributed by atoms with Crippen LogP contribution in [0.2, 0.25) is 0 Å². The highest BCUT2D eigenvalue weighted by molar-refractivity contribution is 5.97. The molecule has 1 saturated heterocycles. The van der Waals surface area contributed by atoms with Crippen LogP contribution in [0.3, 0.4) is 0 Å². The number of hydrogen-bond donors (Lipinski definition) is 1. The summed E-state index contributed by atoms with van der Waals surface area (Å²) in [6, 6.07) is 8.90. The van der Waals surface area contributed by atoms with Crippen molar-refractivity contribution in [3.8, 4) is 6.07 Å². The number of nitrogens with zero attached hydrogens (tertiary/aromatic N) is 4. The van der Waals surface area contributed by atoms with Gasteiger partial charge in [0.25, 0.3) is 0 Å². The first-order valence-corrected chi connectivity index (χ1v) is 7.72. The van der Waals surface area contributed by atoms with Crippen molar-refractivity contribution in [2.75, 3.05) is 12.4 Å². The van der Waals surface area contributed by atoms with Gasteiger partial charge in [-0.25, -0.2) is 4.39 Å².